The van der Waals surface area contributed by atoms with Gasteiger partial charge in [0.1, 0.15) is 5.82 Å². The summed E-state index contributed by atoms with van der Waals surface area (Å²) in [4.78, 5) is 25.0. The first-order valence-corrected chi connectivity index (χ1v) is 7.82. The number of hydrogen-bond donors (Lipinski definition) is 1. The zero-order valence-corrected chi connectivity index (χ0v) is 14.8. The van der Waals surface area contributed by atoms with E-state index in [2.05, 4.69) is 20.2 Å². The van der Waals surface area contributed by atoms with Gasteiger partial charge in [-0.15, -0.1) is 24.8 Å². The second kappa shape index (κ2) is 9.90. The Balaban J connectivity index is 0.00000132. The largest absolute Gasteiger partial charge is 0.352 e. The van der Waals surface area contributed by atoms with E-state index in [-0.39, 0.29) is 24.8 Å². The molecule has 0 radical (unpaired) electrons. The van der Waals surface area contributed by atoms with E-state index in [1.54, 1.807) is 18.6 Å². The lowest BCUT2D eigenvalue weighted by Gasteiger charge is -2.36. The molecule has 0 bridgehead atoms. The average molecular weight is 362 g/mol. The summed E-state index contributed by atoms with van der Waals surface area (Å²) in [5.74, 6) is 1.79. The second-order valence-electron chi connectivity index (χ2n) is 5.83. The van der Waals surface area contributed by atoms with Crippen LogP contribution >= 0.6 is 24.8 Å². The Morgan fingerprint density at radius 1 is 1.13 bits per heavy atom. The van der Waals surface area contributed by atoms with Gasteiger partial charge in [0.15, 0.2) is 0 Å². The van der Waals surface area contributed by atoms with Crippen LogP contribution in [-0.4, -0.2) is 60.0 Å². The Labute approximate surface area is 149 Å². The number of piperidine rings is 1. The predicted octanol–water partition coefficient (Wildman–Crippen LogP) is 1.36. The normalized spacial score (nSPS) is 18.8. The van der Waals surface area contributed by atoms with E-state index >= 15 is 0 Å². The molecule has 1 aromatic heterocycles. The van der Waals surface area contributed by atoms with Crippen molar-refractivity contribution in [2.45, 2.75) is 19.3 Å². The smallest absolute Gasteiger partial charge is 0.222 e. The molecule has 1 N–H and O–H groups in total. The van der Waals surface area contributed by atoms with Gasteiger partial charge in [-0.25, -0.2) is 4.98 Å². The molecule has 6 nitrogen and oxygen atoms in total. The maximum atomic E-state index is 12.4. The van der Waals surface area contributed by atoms with Gasteiger partial charge in [0, 0.05) is 45.0 Å². The fourth-order valence-corrected chi connectivity index (χ4v) is 3.10. The number of nitrogens with zero attached hydrogens (tertiary/aromatic N) is 4. The van der Waals surface area contributed by atoms with Crippen molar-refractivity contribution in [3.63, 3.8) is 0 Å². The van der Waals surface area contributed by atoms with E-state index in [0.717, 1.165) is 57.9 Å². The van der Waals surface area contributed by atoms with Crippen LogP contribution in [0.5, 0.6) is 0 Å². The highest BCUT2D eigenvalue weighted by atomic mass is 35.5. The first-order valence-electron chi connectivity index (χ1n) is 7.82. The topological polar surface area (TPSA) is 61.4 Å². The van der Waals surface area contributed by atoms with Gasteiger partial charge in [0.25, 0.3) is 0 Å². The summed E-state index contributed by atoms with van der Waals surface area (Å²) < 4.78 is 0. The fourth-order valence-electron chi connectivity index (χ4n) is 3.10. The summed E-state index contributed by atoms with van der Waals surface area (Å²) in [5, 5.41) is 3.35. The molecule has 23 heavy (non-hydrogen) atoms. The van der Waals surface area contributed by atoms with Gasteiger partial charge in [0.05, 0.1) is 6.20 Å². The monoisotopic (exact) mass is 361 g/mol. The first kappa shape index (κ1) is 19.9. The van der Waals surface area contributed by atoms with Gasteiger partial charge in [-0.1, -0.05) is 0 Å². The van der Waals surface area contributed by atoms with Gasteiger partial charge in [-0.05, 0) is 31.8 Å². The van der Waals surface area contributed by atoms with E-state index in [1.165, 1.54) is 0 Å². The van der Waals surface area contributed by atoms with Crippen molar-refractivity contribution in [2.75, 3.05) is 44.2 Å². The zero-order valence-electron chi connectivity index (χ0n) is 13.2. The second-order valence-corrected chi connectivity index (χ2v) is 5.83. The molecule has 3 rings (SSSR count). The van der Waals surface area contributed by atoms with Crippen molar-refractivity contribution in [3.05, 3.63) is 18.6 Å². The molecule has 1 aromatic rings. The lowest BCUT2D eigenvalue weighted by Crippen LogP contribution is -2.49. The molecule has 2 fully saturated rings. The van der Waals surface area contributed by atoms with Crippen LogP contribution in [0, 0.1) is 5.92 Å². The molecule has 3 heterocycles. The highest BCUT2D eigenvalue weighted by Crippen LogP contribution is 2.18. The first-order chi connectivity index (χ1) is 10.3. The van der Waals surface area contributed by atoms with E-state index in [0.29, 0.717) is 18.2 Å². The Hall–Kier alpha value is -1.11. The van der Waals surface area contributed by atoms with Crippen LogP contribution in [0.15, 0.2) is 18.6 Å². The van der Waals surface area contributed by atoms with E-state index in [9.17, 15) is 4.79 Å². The van der Waals surface area contributed by atoms with Crippen molar-refractivity contribution in [1.82, 2.24) is 20.2 Å². The highest BCUT2D eigenvalue weighted by Gasteiger charge is 2.24. The Morgan fingerprint density at radius 2 is 1.83 bits per heavy atom. The van der Waals surface area contributed by atoms with Crippen molar-refractivity contribution in [3.8, 4) is 0 Å². The minimum Gasteiger partial charge on any atom is -0.352 e. The molecule has 2 saturated heterocycles. The van der Waals surface area contributed by atoms with Crippen LogP contribution in [-0.2, 0) is 4.79 Å². The summed E-state index contributed by atoms with van der Waals surface area (Å²) in [6.45, 7) is 5.38. The molecular formula is C15H25Cl2N5O. The molecule has 1 amide bonds. The van der Waals surface area contributed by atoms with E-state index in [4.69, 9.17) is 0 Å². The number of anilines is 1. The van der Waals surface area contributed by atoms with Crippen LogP contribution < -0.4 is 10.2 Å². The third kappa shape index (κ3) is 5.48. The quantitative estimate of drug-likeness (QED) is 0.880. The molecule has 2 aliphatic heterocycles. The third-order valence-electron chi connectivity index (χ3n) is 4.43. The number of aromatic nitrogens is 2. The number of halogens is 2. The number of hydrogen-bond acceptors (Lipinski definition) is 5. The zero-order chi connectivity index (χ0) is 14.5. The Kier molecular flexibility index (Phi) is 8.58. The summed E-state index contributed by atoms with van der Waals surface area (Å²) in [5.41, 5.74) is 0. The summed E-state index contributed by atoms with van der Waals surface area (Å²) in [6, 6.07) is 0. The summed E-state index contributed by atoms with van der Waals surface area (Å²) >= 11 is 0. The lowest BCUT2D eigenvalue weighted by molar-refractivity contribution is -0.132. The lowest BCUT2D eigenvalue weighted by atomic mass is 9.94. The van der Waals surface area contributed by atoms with Gasteiger partial charge in [-0.2, -0.15) is 0 Å². The van der Waals surface area contributed by atoms with Crippen molar-refractivity contribution < 1.29 is 4.79 Å². The van der Waals surface area contributed by atoms with Crippen LogP contribution in [0.2, 0.25) is 0 Å². The minimum absolute atomic E-state index is 0. The van der Waals surface area contributed by atoms with E-state index < -0.39 is 0 Å². The SMILES string of the molecule is Cl.Cl.O=C(CC1CCNCC1)N1CCN(c2cnccn2)CC1. The Bertz CT molecular complexity index is 462. The summed E-state index contributed by atoms with van der Waals surface area (Å²) in [7, 11) is 0. The number of carbonyl (C=O) groups is 1. The molecule has 0 aromatic carbocycles. The number of amides is 1. The molecule has 0 aliphatic carbocycles. The minimum atomic E-state index is 0. The van der Waals surface area contributed by atoms with Crippen molar-refractivity contribution in [1.29, 1.82) is 0 Å². The fraction of sp³-hybridized carbons (Fsp3) is 0.667. The molecule has 2 aliphatic rings. The Morgan fingerprint density at radius 3 is 2.43 bits per heavy atom. The third-order valence-corrected chi connectivity index (χ3v) is 4.43. The van der Waals surface area contributed by atoms with Crippen molar-refractivity contribution in [2.24, 2.45) is 5.92 Å². The van der Waals surface area contributed by atoms with Crippen LogP contribution in [0.25, 0.3) is 0 Å². The maximum absolute atomic E-state index is 12.4. The highest BCUT2D eigenvalue weighted by molar-refractivity contribution is 5.85. The molecule has 0 unspecified atom stereocenters. The molecule has 130 valence electrons. The van der Waals surface area contributed by atoms with Crippen LogP contribution in [0.4, 0.5) is 5.82 Å². The van der Waals surface area contributed by atoms with Gasteiger partial charge < -0.3 is 15.1 Å². The standard InChI is InChI=1S/C15H23N5O.2ClH/c21-15(11-13-1-3-16-4-2-13)20-9-7-19(8-10-20)14-12-17-5-6-18-14;;/h5-6,12-13,16H,1-4,7-11H2;2*1H. The van der Waals surface area contributed by atoms with Crippen LogP contribution in [0.1, 0.15) is 19.3 Å². The molecule has 8 heteroatoms. The predicted molar refractivity (Wildman–Crippen MR) is 95.5 cm³/mol. The average Bonchev–Trinajstić information content (AvgIpc) is 2.57. The molecule has 0 atom stereocenters. The van der Waals surface area contributed by atoms with Crippen molar-refractivity contribution >= 4 is 36.5 Å². The maximum Gasteiger partial charge on any atom is 0.222 e. The number of nitrogens with one attached hydrogen (secondary N) is 1. The molecule has 0 spiro atoms. The number of piperazine rings is 1. The van der Waals surface area contributed by atoms with Crippen LogP contribution in [0.3, 0.4) is 0 Å². The number of carbonyl (C=O) groups excluding carboxylic acids is 1. The summed E-state index contributed by atoms with van der Waals surface area (Å²) in [6.07, 6.45) is 8.15. The molecular weight excluding hydrogens is 337 g/mol. The van der Waals surface area contributed by atoms with Gasteiger partial charge in [0.2, 0.25) is 5.91 Å². The van der Waals surface area contributed by atoms with Gasteiger partial charge >= 0.3 is 0 Å². The van der Waals surface area contributed by atoms with Gasteiger partial charge in [-0.3, -0.25) is 9.78 Å². The van der Waals surface area contributed by atoms with E-state index in [1.807, 2.05) is 4.90 Å². The number of rotatable bonds is 3. The molecule has 0 saturated carbocycles.